The average Bonchev–Trinajstić information content (AvgIpc) is 3.11. The smallest absolute Gasteiger partial charge is 0.184 e. The van der Waals surface area contributed by atoms with Crippen molar-refractivity contribution in [3.63, 3.8) is 0 Å². The van der Waals surface area contributed by atoms with Crippen LogP contribution in [0.2, 0.25) is 0 Å². The van der Waals surface area contributed by atoms with Gasteiger partial charge in [-0.15, -0.1) is 0 Å². The second-order valence-electron chi connectivity index (χ2n) is 6.30. The van der Waals surface area contributed by atoms with Crippen molar-refractivity contribution < 1.29 is 8.78 Å². The summed E-state index contributed by atoms with van der Waals surface area (Å²) in [7, 11) is 0. The maximum Gasteiger partial charge on any atom is 0.184 e. The molecule has 2 aromatic carbocycles. The number of hydrazone groups is 1. The fourth-order valence-corrected chi connectivity index (χ4v) is 3.25. The highest BCUT2D eigenvalue weighted by atomic mass is 32.1. The third-order valence-corrected chi connectivity index (χ3v) is 4.54. The Hall–Kier alpha value is -2.74. The van der Waals surface area contributed by atoms with E-state index in [1.165, 1.54) is 6.07 Å². The lowest BCUT2D eigenvalue weighted by Crippen LogP contribution is -2.35. The number of hydrogen-bond acceptors (Lipinski definition) is 4. The summed E-state index contributed by atoms with van der Waals surface area (Å²) in [5.74, 6) is -1.04. The van der Waals surface area contributed by atoms with Gasteiger partial charge in [0.05, 0.1) is 11.9 Å². The summed E-state index contributed by atoms with van der Waals surface area (Å²) in [6.07, 6.45) is 3.00. The Bertz CT molecular complexity index is 828. The number of benzene rings is 2. The minimum absolute atomic E-state index is 0.0261. The van der Waals surface area contributed by atoms with Gasteiger partial charge in [0.15, 0.2) is 5.11 Å². The van der Waals surface area contributed by atoms with Crippen LogP contribution in [-0.4, -0.2) is 30.5 Å². The molecule has 0 amide bonds. The molecule has 0 radical (unpaired) electrons. The van der Waals surface area contributed by atoms with Gasteiger partial charge in [-0.05, 0) is 43.3 Å². The van der Waals surface area contributed by atoms with Crippen LogP contribution in [0.3, 0.4) is 0 Å². The van der Waals surface area contributed by atoms with E-state index in [1.807, 2.05) is 35.2 Å². The molecule has 1 fully saturated rings. The van der Waals surface area contributed by atoms with E-state index in [9.17, 15) is 8.78 Å². The monoisotopic (exact) mass is 389 g/mol. The van der Waals surface area contributed by atoms with Crippen molar-refractivity contribution in [1.82, 2.24) is 5.43 Å². The van der Waals surface area contributed by atoms with Crippen LogP contribution in [0.15, 0.2) is 47.6 Å². The summed E-state index contributed by atoms with van der Waals surface area (Å²) in [5, 5.41) is 6.99. The summed E-state index contributed by atoms with van der Waals surface area (Å²) >= 11 is 4.61. The molecule has 1 aliphatic heterocycles. The number of thiocarbonyl (C=S) groups is 1. The quantitative estimate of drug-likeness (QED) is 0.402. The van der Waals surface area contributed by atoms with Crippen molar-refractivity contribution >= 4 is 34.9 Å². The molecule has 1 saturated heterocycles. The first-order valence-electron chi connectivity index (χ1n) is 8.67. The summed E-state index contributed by atoms with van der Waals surface area (Å²) < 4.78 is 29.0. The van der Waals surface area contributed by atoms with Gasteiger partial charge in [0, 0.05) is 36.4 Å². The first-order valence-corrected chi connectivity index (χ1v) is 9.08. The number of nitrogens with two attached hydrogens (primary N) is 1. The van der Waals surface area contributed by atoms with Crippen LogP contribution in [-0.2, 0) is 0 Å². The van der Waals surface area contributed by atoms with Crippen LogP contribution in [0.1, 0.15) is 18.4 Å². The molecule has 0 saturated carbocycles. The first kappa shape index (κ1) is 19.0. The van der Waals surface area contributed by atoms with Gasteiger partial charge in [0.2, 0.25) is 0 Å². The second kappa shape index (κ2) is 8.77. The van der Waals surface area contributed by atoms with E-state index in [0.717, 1.165) is 30.8 Å². The van der Waals surface area contributed by atoms with Gasteiger partial charge in [-0.1, -0.05) is 18.2 Å². The average molecular weight is 389 g/mol. The standard InChI is InChI=1S/C19H21F2N5S/c20-16-10-18(17(21)9-13(16)11-24-25-19(22)27)26-8-4-7-15(26)12-23-14-5-2-1-3-6-14/h1-3,5-6,9-11,15,23H,4,7-8,12H2,(H3,22,25,27)/b24-11+/t15-/m0/s1. The molecule has 0 aliphatic carbocycles. The van der Waals surface area contributed by atoms with Gasteiger partial charge in [-0.25, -0.2) is 8.78 Å². The molecule has 1 atom stereocenters. The Morgan fingerprint density at radius 2 is 2.04 bits per heavy atom. The second-order valence-corrected chi connectivity index (χ2v) is 6.74. The molecule has 4 N–H and O–H groups in total. The van der Waals surface area contributed by atoms with Crippen LogP contribution in [0.4, 0.5) is 20.2 Å². The van der Waals surface area contributed by atoms with Gasteiger partial charge in [0.25, 0.3) is 0 Å². The molecule has 3 rings (SSSR count). The molecule has 27 heavy (non-hydrogen) atoms. The highest BCUT2D eigenvalue weighted by Crippen LogP contribution is 2.30. The van der Waals surface area contributed by atoms with Crippen LogP contribution in [0.5, 0.6) is 0 Å². The molecule has 5 nitrogen and oxygen atoms in total. The minimum atomic E-state index is -0.554. The van der Waals surface area contributed by atoms with Gasteiger partial charge >= 0.3 is 0 Å². The molecule has 8 heteroatoms. The molecule has 0 aromatic heterocycles. The van der Waals surface area contributed by atoms with Gasteiger partial charge in [-0.3, -0.25) is 5.43 Å². The molecule has 1 aliphatic rings. The zero-order chi connectivity index (χ0) is 19.2. The van der Waals surface area contributed by atoms with E-state index in [2.05, 4.69) is 28.1 Å². The molecule has 1 heterocycles. The van der Waals surface area contributed by atoms with E-state index in [0.29, 0.717) is 13.1 Å². The van der Waals surface area contributed by atoms with E-state index < -0.39 is 11.6 Å². The highest BCUT2D eigenvalue weighted by Gasteiger charge is 2.27. The van der Waals surface area contributed by atoms with E-state index in [1.54, 1.807) is 0 Å². The third-order valence-electron chi connectivity index (χ3n) is 4.45. The normalized spacial score (nSPS) is 16.7. The minimum Gasteiger partial charge on any atom is -0.383 e. The van der Waals surface area contributed by atoms with Crippen molar-refractivity contribution in [2.24, 2.45) is 10.8 Å². The largest absolute Gasteiger partial charge is 0.383 e. The molecule has 0 unspecified atom stereocenters. The van der Waals surface area contributed by atoms with Crippen LogP contribution in [0.25, 0.3) is 0 Å². The van der Waals surface area contributed by atoms with Crippen molar-refractivity contribution in [1.29, 1.82) is 0 Å². The maximum absolute atomic E-state index is 14.6. The Morgan fingerprint density at radius 1 is 1.26 bits per heavy atom. The maximum atomic E-state index is 14.6. The molecule has 142 valence electrons. The van der Waals surface area contributed by atoms with Crippen molar-refractivity contribution in [2.45, 2.75) is 18.9 Å². The fraction of sp³-hybridized carbons (Fsp3) is 0.263. The first-order chi connectivity index (χ1) is 13.0. The number of nitrogens with one attached hydrogen (secondary N) is 2. The third kappa shape index (κ3) is 4.91. The lowest BCUT2D eigenvalue weighted by atomic mass is 10.1. The van der Waals surface area contributed by atoms with Crippen molar-refractivity contribution in [2.75, 3.05) is 23.3 Å². The molecule has 2 aromatic rings. The Labute approximate surface area is 162 Å². The lowest BCUT2D eigenvalue weighted by molar-refractivity contribution is 0.586. The van der Waals surface area contributed by atoms with Gasteiger partial charge in [-0.2, -0.15) is 5.10 Å². The predicted molar refractivity (Wildman–Crippen MR) is 109 cm³/mol. The van der Waals surface area contributed by atoms with E-state index >= 15 is 0 Å². The SMILES string of the molecule is NC(=S)N/N=C/c1cc(F)c(N2CCC[C@H]2CNc2ccccc2)cc1F. The van der Waals surface area contributed by atoms with Gasteiger partial charge < -0.3 is 16.0 Å². The van der Waals surface area contributed by atoms with Gasteiger partial charge in [0.1, 0.15) is 11.6 Å². The zero-order valence-corrected chi connectivity index (χ0v) is 15.5. The summed E-state index contributed by atoms with van der Waals surface area (Å²) in [6, 6.07) is 12.3. The highest BCUT2D eigenvalue weighted by molar-refractivity contribution is 7.80. The number of nitrogens with zero attached hydrogens (tertiary/aromatic N) is 2. The number of rotatable bonds is 6. The zero-order valence-electron chi connectivity index (χ0n) is 14.7. The number of anilines is 2. The number of hydrogen-bond donors (Lipinski definition) is 3. The van der Waals surface area contributed by atoms with Crippen LogP contribution in [0, 0.1) is 11.6 Å². The number of para-hydroxylation sites is 1. The summed E-state index contributed by atoms with van der Waals surface area (Å²) in [6.45, 7) is 1.35. The fourth-order valence-electron chi connectivity index (χ4n) is 3.19. The Balaban J connectivity index is 1.73. The number of halogens is 2. The molecule has 0 bridgehead atoms. The predicted octanol–water partition coefficient (Wildman–Crippen LogP) is 3.21. The van der Waals surface area contributed by atoms with Crippen molar-refractivity contribution in [3.05, 3.63) is 59.7 Å². The lowest BCUT2D eigenvalue weighted by Gasteiger charge is -2.28. The topological polar surface area (TPSA) is 65.7 Å². The molecular weight excluding hydrogens is 368 g/mol. The van der Waals surface area contributed by atoms with Crippen LogP contribution < -0.4 is 21.4 Å². The molecular formula is C19H21F2N5S. The van der Waals surface area contributed by atoms with Crippen molar-refractivity contribution in [3.8, 4) is 0 Å². The summed E-state index contributed by atoms with van der Waals surface area (Å²) in [4.78, 5) is 1.92. The van der Waals surface area contributed by atoms with Crippen LogP contribution >= 0.6 is 12.2 Å². The molecule has 0 spiro atoms. The Morgan fingerprint density at radius 3 is 2.78 bits per heavy atom. The Kier molecular flexibility index (Phi) is 6.18. The van der Waals surface area contributed by atoms with E-state index in [-0.39, 0.29) is 22.4 Å². The van der Waals surface area contributed by atoms with E-state index in [4.69, 9.17) is 5.73 Å². The summed E-state index contributed by atoms with van der Waals surface area (Å²) in [5.41, 5.74) is 8.87.